The maximum Gasteiger partial charge on any atom is 0.341 e. The van der Waals surface area contributed by atoms with Crippen molar-refractivity contribution in [3.05, 3.63) is 23.2 Å². The van der Waals surface area contributed by atoms with Crippen LogP contribution in [0.3, 0.4) is 0 Å². The Morgan fingerprint density at radius 1 is 1.67 bits per heavy atom. The lowest BCUT2D eigenvalue weighted by molar-refractivity contribution is 0.0598. The average molecular weight is 253 g/mol. The molecule has 1 aromatic rings. The number of nitrogens with zero attached hydrogens (tertiary/aromatic N) is 1. The van der Waals surface area contributed by atoms with E-state index in [1.807, 2.05) is 6.92 Å². The van der Waals surface area contributed by atoms with Gasteiger partial charge in [-0.3, -0.25) is 4.90 Å². The van der Waals surface area contributed by atoms with Crippen LogP contribution in [0.2, 0.25) is 0 Å². The van der Waals surface area contributed by atoms with Gasteiger partial charge in [0.05, 0.1) is 19.3 Å². The number of furan rings is 1. The van der Waals surface area contributed by atoms with Crippen LogP contribution in [-0.4, -0.2) is 41.8 Å². The molecule has 1 aliphatic rings. The van der Waals surface area contributed by atoms with Crippen molar-refractivity contribution in [3.63, 3.8) is 0 Å². The third-order valence-corrected chi connectivity index (χ3v) is 3.28. The Balaban J connectivity index is 2.05. The van der Waals surface area contributed by atoms with Gasteiger partial charge in [-0.2, -0.15) is 0 Å². The minimum Gasteiger partial charge on any atom is -0.465 e. The summed E-state index contributed by atoms with van der Waals surface area (Å²) in [5.74, 6) is 0.921. The molecule has 0 saturated carbocycles. The summed E-state index contributed by atoms with van der Waals surface area (Å²) in [7, 11) is 1.35. The third-order valence-electron chi connectivity index (χ3n) is 3.28. The smallest absolute Gasteiger partial charge is 0.341 e. The molecule has 0 aliphatic carbocycles. The molecule has 5 nitrogen and oxygen atoms in total. The van der Waals surface area contributed by atoms with E-state index in [-0.39, 0.29) is 5.97 Å². The van der Waals surface area contributed by atoms with Gasteiger partial charge in [-0.05, 0) is 26.3 Å². The van der Waals surface area contributed by atoms with Crippen molar-refractivity contribution in [2.24, 2.45) is 0 Å². The summed E-state index contributed by atoms with van der Waals surface area (Å²) in [6.07, 6.45) is 0.760. The van der Waals surface area contributed by atoms with Gasteiger partial charge in [0.25, 0.3) is 0 Å². The molecule has 2 rings (SSSR count). The van der Waals surface area contributed by atoms with Crippen molar-refractivity contribution < 1.29 is 19.1 Å². The Bertz CT molecular complexity index is 450. The number of rotatable bonds is 3. The van der Waals surface area contributed by atoms with E-state index in [0.717, 1.165) is 18.7 Å². The molecule has 1 unspecified atom stereocenters. The van der Waals surface area contributed by atoms with Gasteiger partial charge in [-0.25, -0.2) is 4.79 Å². The minimum absolute atomic E-state index is 0.379. The van der Waals surface area contributed by atoms with E-state index in [2.05, 4.69) is 9.64 Å². The van der Waals surface area contributed by atoms with Crippen LogP contribution in [0.25, 0.3) is 0 Å². The summed E-state index contributed by atoms with van der Waals surface area (Å²) < 4.78 is 10.2. The van der Waals surface area contributed by atoms with Crippen LogP contribution in [0.15, 0.2) is 10.5 Å². The van der Waals surface area contributed by atoms with E-state index in [4.69, 9.17) is 4.42 Å². The standard InChI is InChI=1S/C13H19NO4/c1-9-11(12(15)17-3)6-10(18-9)7-14-5-4-13(2,16)8-14/h6,16H,4-5,7-8H2,1-3H3. The van der Waals surface area contributed by atoms with Gasteiger partial charge in [-0.15, -0.1) is 0 Å². The highest BCUT2D eigenvalue weighted by Crippen LogP contribution is 2.24. The first-order valence-electron chi connectivity index (χ1n) is 6.04. The van der Waals surface area contributed by atoms with Crippen LogP contribution >= 0.6 is 0 Å². The van der Waals surface area contributed by atoms with Gasteiger partial charge >= 0.3 is 5.97 Å². The van der Waals surface area contributed by atoms with Crippen molar-refractivity contribution >= 4 is 5.97 Å². The van der Waals surface area contributed by atoms with Crippen LogP contribution in [-0.2, 0) is 11.3 Å². The maximum atomic E-state index is 11.5. The minimum atomic E-state index is -0.618. The molecule has 0 radical (unpaired) electrons. The Morgan fingerprint density at radius 3 is 2.94 bits per heavy atom. The topological polar surface area (TPSA) is 62.9 Å². The predicted molar refractivity (Wildman–Crippen MR) is 65.3 cm³/mol. The zero-order valence-corrected chi connectivity index (χ0v) is 11.0. The SMILES string of the molecule is COC(=O)c1cc(CN2CCC(C)(O)C2)oc1C. The van der Waals surface area contributed by atoms with Crippen LogP contribution in [0.5, 0.6) is 0 Å². The molecule has 0 aromatic carbocycles. The fraction of sp³-hybridized carbons (Fsp3) is 0.615. The van der Waals surface area contributed by atoms with Crippen LogP contribution in [0, 0.1) is 6.92 Å². The van der Waals surface area contributed by atoms with E-state index in [0.29, 0.717) is 24.4 Å². The molecule has 1 atom stereocenters. The molecule has 1 fully saturated rings. The van der Waals surface area contributed by atoms with Crippen LogP contribution in [0.4, 0.5) is 0 Å². The fourth-order valence-electron chi connectivity index (χ4n) is 2.33. The normalized spacial score (nSPS) is 24.4. The lowest BCUT2D eigenvalue weighted by Gasteiger charge is -2.17. The number of hydrogen-bond acceptors (Lipinski definition) is 5. The molecule has 0 spiro atoms. The lowest BCUT2D eigenvalue weighted by Crippen LogP contribution is -2.29. The predicted octanol–water partition coefficient (Wildman–Crippen LogP) is 1.33. The number of carbonyl (C=O) groups is 1. The molecule has 1 aromatic heterocycles. The van der Waals surface area contributed by atoms with E-state index >= 15 is 0 Å². The van der Waals surface area contributed by atoms with Gasteiger partial charge in [0, 0.05) is 13.1 Å². The molecule has 1 saturated heterocycles. The quantitative estimate of drug-likeness (QED) is 0.823. The number of aliphatic hydroxyl groups is 1. The highest BCUT2D eigenvalue weighted by atomic mass is 16.5. The molecule has 1 N–H and O–H groups in total. The number of carbonyl (C=O) groups excluding carboxylic acids is 1. The van der Waals surface area contributed by atoms with Crippen molar-refractivity contribution in [2.75, 3.05) is 20.2 Å². The number of esters is 1. The van der Waals surface area contributed by atoms with E-state index < -0.39 is 5.60 Å². The molecule has 0 bridgehead atoms. The number of ether oxygens (including phenoxy) is 1. The van der Waals surface area contributed by atoms with Crippen LogP contribution in [0.1, 0.15) is 35.2 Å². The van der Waals surface area contributed by atoms with E-state index in [9.17, 15) is 9.90 Å². The molecule has 2 heterocycles. The molecular weight excluding hydrogens is 234 g/mol. The summed E-state index contributed by atoms with van der Waals surface area (Å²) in [6.45, 7) is 5.64. The van der Waals surface area contributed by atoms with Gasteiger partial charge in [0.15, 0.2) is 0 Å². The number of methoxy groups -OCH3 is 1. The second-order valence-electron chi connectivity index (χ2n) is 5.13. The third kappa shape index (κ3) is 2.73. The zero-order chi connectivity index (χ0) is 13.3. The van der Waals surface area contributed by atoms with Crippen molar-refractivity contribution in [2.45, 2.75) is 32.4 Å². The highest BCUT2D eigenvalue weighted by Gasteiger charge is 2.31. The summed E-state index contributed by atoms with van der Waals surface area (Å²) >= 11 is 0. The second kappa shape index (κ2) is 4.74. The van der Waals surface area contributed by atoms with Gasteiger partial charge in [0.2, 0.25) is 0 Å². The Labute approximate surface area is 106 Å². The summed E-state index contributed by atoms with van der Waals surface area (Å²) in [6, 6.07) is 1.72. The first-order chi connectivity index (χ1) is 8.41. The van der Waals surface area contributed by atoms with E-state index in [1.54, 1.807) is 13.0 Å². The Kier molecular flexibility index (Phi) is 3.45. The van der Waals surface area contributed by atoms with Gasteiger partial charge in [0.1, 0.15) is 17.1 Å². The van der Waals surface area contributed by atoms with Crippen LogP contribution < -0.4 is 0 Å². The lowest BCUT2D eigenvalue weighted by atomic mass is 10.1. The molecule has 100 valence electrons. The fourth-order valence-corrected chi connectivity index (χ4v) is 2.33. The number of β-amino-alcohol motifs (C(OH)–C–C–N with tert-alkyl or cyclic N) is 1. The average Bonchev–Trinajstić information content (AvgIpc) is 2.81. The number of aryl methyl sites for hydroxylation is 1. The van der Waals surface area contributed by atoms with Gasteiger partial charge < -0.3 is 14.3 Å². The van der Waals surface area contributed by atoms with Crippen molar-refractivity contribution in [3.8, 4) is 0 Å². The Hall–Kier alpha value is -1.33. The maximum absolute atomic E-state index is 11.5. The monoisotopic (exact) mass is 253 g/mol. The zero-order valence-electron chi connectivity index (χ0n) is 11.0. The number of likely N-dealkylation sites (tertiary alicyclic amines) is 1. The van der Waals surface area contributed by atoms with E-state index in [1.165, 1.54) is 7.11 Å². The molecular formula is C13H19NO4. The molecule has 18 heavy (non-hydrogen) atoms. The first kappa shape index (κ1) is 13.1. The summed E-state index contributed by atoms with van der Waals surface area (Å²) in [4.78, 5) is 13.6. The Morgan fingerprint density at radius 2 is 2.39 bits per heavy atom. The summed E-state index contributed by atoms with van der Waals surface area (Å²) in [5, 5.41) is 9.88. The van der Waals surface area contributed by atoms with Gasteiger partial charge in [-0.1, -0.05) is 0 Å². The van der Waals surface area contributed by atoms with Crippen molar-refractivity contribution in [1.29, 1.82) is 0 Å². The second-order valence-corrected chi connectivity index (χ2v) is 5.13. The largest absolute Gasteiger partial charge is 0.465 e. The highest BCUT2D eigenvalue weighted by molar-refractivity contribution is 5.90. The summed E-state index contributed by atoms with van der Waals surface area (Å²) in [5.41, 5.74) is -0.147. The molecule has 0 amide bonds. The number of hydrogen-bond donors (Lipinski definition) is 1. The first-order valence-corrected chi connectivity index (χ1v) is 6.04. The molecule has 5 heteroatoms. The van der Waals surface area contributed by atoms with Crippen molar-refractivity contribution in [1.82, 2.24) is 4.90 Å². The molecule has 1 aliphatic heterocycles.